The van der Waals surface area contributed by atoms with Crippen LogP contribution in [0.25, 0.3) is 0 Å². The lowest BCUT2D eigenvalue weighted by atomic mass is 10.1. The van der Waals surface area contributed by atoms with Crippen molar-refractivity contribution in [1.29, 1.82) is 0 Å². The van der Waals surface area contributed by atoms with Crippen molar-refractivity contribution in [2.45, 2.75) is 31.9 Å². The average molecular weight is 168 g/mol. The number of nitrogens with two attached hydrogens (primary N) is 1. The molecule has 0 saturated heterocycles. The van der Waals surface area contributed by atoms with Crippen molar-refractivity contribution in [3.63, 3.8) is 0 Å². The van der Waals surface area contributed by atoms with Crippen LogP contribution in [0.5, 0.6) is 0 Å². The Morgan fingerprint density at radius 2 is 2.42 bits per heavy atom. The fourth-order valence-corrected chi connectivity index (χ4v) is 1.36. The van der Waals surface area contributed by atoms with Gasteiger partial charge in [0.1, 0.15) is 6.04 Å². The van der Waals surface area contributed by atoms with Gasteiger partial charge in [0.25, 0.3) is 0 Å². The van der Waals surface area contributed by atoms with Gasteiger partial charge in [-0.2, -0.15) is 0 Å². The van der Waals surface area contributed by atoms with Crippen LogP contribution in [-0.4, -0.2) is 18.8 Å². The van der Waals surface area contributed by atoms with E-state index in [1.807, 2.05) is 6.92 Å². The third kappa shape index (κ3) is 2.21. The second-order valence-electron chi connectivity index (χ2n) is 3.07. The largest absolute Gasteiger partial charge is 0.376 e. The van der Waals surface area contributed by atoms with Crippen molar-refractivity contribution < 1.29 is 4.74 Å². The molecule has 1 aliphatic carbocycles. The molecule has 0 bridgehead atoms. The standard InChI is InChI=1S/C9H16N2O/c1-3-8(11-10)9(12-4-2)7-5-6-7/h1,7-9,11H,4-6,10H2,2H3. The van der Waals surface area contributed by atoms with Gasteiger partial charge in [0, 0.05) is 6.61 Å². The van der Waals surface area contributed by atoms with E-state index in [4.69, 9.17) is 17.0 Å². The number of ether oxygens (including phenoxy) is 1. The molecule has 1 saturated carbocycles. The number of hydrazine groups is 1. The minimum absolute atomic E-state index is 0.102. The highest BCUT2D eigenvalue weighted by atomic mass is 16.5. The van der Waals surface area contributed by atoms with Crippen LogP contribution in [0.1, 0.15) is 19.8 Å². The van der Waals surface area contributed by atoms with E-state index >= 15 is 0 Å². The molecule has 3 nitrogen and oxygen atoms in total. The molecule has 68 valence electrons. The summed E-state index contributed by atoms with van der Waals surface area (Å²) < 4.78 is 5.52. The molecule has 0 amide bonds. The lowest BCUT2D eigenvalue weighted by Gasteiger charge is -2.21. The Bertz CT molecular complexity index is 172. The van der Waals surface area contributed by atoms with Gasteiger partial charge in [-0.3, -0.25) is 5.84 Å². The quantitative estimate of drug-likeness (QED) is 0.352. The maximum atomic E-state index is 5.52. The smallest absolute Gasteiger partial charge is 0.108 e. The van der Waals surface area contributed by atoms with E-state index in [0.717, 1.165) is 0 Å². The van der Waals surface area contributed by atoms with E-state index in [1.54, 1.807) is 0 Å². The van der Waals surface area contributed by atoms with Crippen LogP contribution in [0, 0.1) is 18.3 Å². The summed E-state index contributed by atoms with van der Waals surface area (Å²) in [5.74, 6) is 8.52. The summed E-state index contributed by atoms with van der Waals surface area (Å²) in [5.41, 5.74) is 2.60. The first-order chi connectivity index (χ1) is 5.83. The van der Waals surface area contributed by atoms with E-state index < -0.39 is 0 Å². The van der Waals surface area contributed by atoms with Crippen LogP contribution in [-0.2, 0) is 4.74 Å². The lowest BCUT2D eigenvalue weighted by Crippen LogP contribution is -2.45. The van der Waals surface area contributed by atoms with E-state index in [9.17, 15) is 0 Å². The van der Waals surface area contributed by atoms with Gasteiger partial charge in [-0.25, -0.2) is 5.43 Å². The Labute approximate surface area is 73.6 Å². The Morgan fingerprint density at radius 1 is 1.75 bits per heavy atom. The van der Waals surface area contributed by atoms with E-state index in [-0.39, 0.29) is 12.1 Å². The normalized spacial score (nSPS) is 21.4. The van der Waals surface area contributed by atoms with Crippen molar-refractivity contribution in [3.05, 3.63) is 0 Å². The molecule has 0 aromatic carbocycles. The first-order valence-corrected chi connectivity index (χ1v) is 4.37. The molecule has 0 aromatic rings. The Kier molecular flexibility index (Phi) is 3.54. The van der Waals surface area contributed by atoms with Gasteiger partial charge in [-0.05, 0) is 25.7 Å². The van der Waals surface area contributed by atoms with Crippen molar-refractivity contribution in [2.75, 3.05) is 6.61 Å². The van der Waals surface area contributed by atoms with Crippen LogP contribution < -0.4 is 11.3 Å². The van der Waals surface area contributed by atoms with Crippen molar-refractivity contribution >= 4 is 0 Å². The molecule has 0 aromatic heterocycles. The number of rotatable bonds is 5. The van der Waals surface area contributed by atoms with Crippen molar-refractivity contribution in [3.8, 4) is 12.3 Å². The Morgan fingerprint density at radius 3 is 2.75 bits per heavy atom. The second-order valence-corrected chi connectivity index (χ2v) is 3.07. The lowest BCUT2D eigenvalue weighted by molar-refractivity contribution is 0.0327. The molecule has 2 unspecified atom stereocenters. The third-order valence-electron chi connectivity index (χ3n) is 2.13. The predicted molar refractivity (Wildman–Crippen MR) is 48.1 cm³/mol. The van der Waals surface area contributed by atoms with Crippen molar-refractivity contribution in [1.82, 2.24) is 5.43 Å². The first kappa shape index (κ1) is 9.53. The van der Waals surface area contributed by atoms with Crippen molar-refractivity contribution in [2.24, 2.45) is 11.8 Å². The molecule has 1 aliphatic rings. The molecule has 0 radical (unpaired) electrons. The molecule has 0 heterocycles. The topological polar surface area (TPSA) is 47.3 Å². The molecule has 2 atom stereocenters. The zero-order valence-corrected chi connectivity index (χ0v) is 7.42. The van der Waals surface area contributed by atoms with Crippen LogP contribution in [0.4, 0.5) is 0 Å². The molecule has 3 heteroatoms. The summed E-state index contributed by atoms with van der Waals surface area (Å²) in [7, 11) is 0. The fourth-order valence-electron chi connectivity index (χ4n) is 1.36. The van der Waals surface area contributed by atoms with E-state index in [1.165, 1.54) is 12.8 Å². The SMILES string of the molecule is C#CC(NN)C(OCC)C1CC1. The Balaban J connectivity index is 2.45. The summed E-state index contributed by atoms with van der Waals surface area (Å²) >= 11 is 0. The minimum atomic E-state index is -0.141. The summed E-state index contributed by atoms with van der Waals surface area (Å²) in [6, 6.07) is -0.141. The molecular weight excluding hydrogens is 152 g/mol. The average Bonchev–Trinajstić information content (AvgIpc) is 2.88. The van der Waals surface area contributed by atoms with E-state index in [2.05, 4.69) is 11.3 Å². The van der Waals surface area contributed by atoms with Crippen LogP contribution in [0.3, 0.4) is 0 Å². The van der Waals surface area contributed by atoms with Gasteiger partial charge in [0.05, 0.1) is 6.10 Å². The van der Waals surface area contributed by atoms with Gasteiger partial charge < -0.3 is 4.74 Å². The third-order valence-corrected chi connectivity index (χ3v) is 2.13. The van der Waals surface area contributed by atoms with Gasteiger partial charge in [0.15, 0.2) is 0 Å². The van der Waals surface area contributed by atoms with E-state index in [0.29, 0.717) is 12.5 Å². The van der Waals surface area contributed by atoms with Gasteiger partial charge in [0.2, 0.25) is 0 Å². The Hall–Kier alpha value is -0.560. The predicted octanol–water partition coefficient (Wildman–Crippen LogP) is 0.267. The fraction of sp³-hybridized carbons (Fsp3) is 0.778. The first-order valence-electron chi connectivity index (χ1n) is 4.37. The number of hydrogen-bond acceptors (Lipinski definition) is 3. The molecule has 12 heavy (non-hydrogen) atoms. The number of hydrogen-bond donors (Lipinski definition) is 2. The van der Waals surface area contributed by atoms with Gasteiger partial charge >= 0.3 is 0 Å². The molecule has 0 spiro atoms. The molecule has 0 aliphatic heterocycles. The summed E-state index contributed by atoms with van der Waals surface area (Å²) in [5, 5.41) is 0. The second kappa shape index (κ2) is 4.46. The van der Waals surface area contributed by atoms with Gasteiger partial charge in [-0.1, -0.05) is 5.92 Å². The maximum absolute atomic E-state index is 5.52. The zero-order chi connectivity index (χ0) is 8.97. The molecule has 3 N–H and O–H groups in total. The van der Waals surface area contributed by atoms with Gasteiger partial charge in [-0.15, -0.1) is 6.42 Å². The monoisotopic (exact) mass is 168 g/mol. The maximum Gasteiger partial charge on any atom is 0.108 e. The highest BCUT2D eigenvalue weighted by molar-refractivity contribution is 5.06. The zero-order valence-electron chi connectivity index (χ0n) is 7.42. The summed E-state index contributed by atoms with van der Waals surface area (Å²) in [6.45, 7) is 2.67. The van der Waals surface area contributed by atoms with Crippen LogP contribution in [0.2, 0.25) is 0 Å². The van der Waals surface area contributed by atoms with Crippen LogP contribution in [0.15, 0.2) is 0 Å². The number of nitrogens with one attached hydrogen (secondary N) is 1. The van der Waals surface area contributed by atoms with Crippen LogP contribution >= 0.6 is 0 Å². The number of terminal acetylenes is 1. The molecule has 1 rings (SSSR count). The highest BCUT2D eigenvalue weighted by Crippen LogP contribution is 2.35. The summed E-state index contributed by atoms with van der Waals surface area (Å²) in [4.78, 5) is 0. The molecular formula is C9H16N2O. The molecule has 1 fully saturated rings. The highest BCUT2D eigenvalue weighted by Gasteiger charge is 2.36. The summed E-state index contributed by atoms with van der Waals surface area (Å²) in [6.07, 6.45) is 7.84. The minimum Gasteiger partial charge on any atom is -0.376 e.